The molecule has 3 aromatic rings. The number of pyridine rings is 1. The van der Waals surface area contributed by atoms with Gasteiger partial charge < -0.3 is 5.73 Å². The fraction of sp³-hybridized carbons (Fsp3) is 0. The van der Waals surface area contributed by atoms with Crippen LogP contribution in [0.15, 0.2) is 53.5 Å². The highest BCUT2D eigenvalue weighted by Crippen LogP contribution is 2.28. The van der Waals surface area contributed by atoms with E-state index in [0.717, 1.165) is 21.4 Å². The van der Waals surface area contributed by atoms with Crippen LogP contribution in [0.25, 0.3) is 16.9 Å². The largest absolute Gasteiger partial charge is 0.384 e. The van der Waals surface area contributed by atoms with Crippen LogP contribution >= 0.6 is 27.5 Å². The van der Waals surface area contributed by atoms with Crippen molar-refractivity contribution in [3.63, 3.8) is 0 Å². The molecule has 1 aromatic carbocycles. The van der Waals surface area contributed by atoms with Gasteiger partial charge in [0.25, 0.3) is 0 Å². The molecule has 100 valence electrons. The number of hydrogen-bond donors (Lipinski definition) is 1. The average Bonchev–Trinajstić information content (AvgIpc) is 2.92. The number of halogens is 2. The molecule has 20 heavy (non-hydrogen) atoms. The number of hydrogen-bond acceptors (Lipinski definition) is 3. The van der Waals surface area contributed by atoms with Crippen molar-refractivity contribution in [3.05, 3.63) is 58.5 Å². The first-order valence-electron chi connectivity index (χ1n) is 5.85. The Morgan fingerprint density at radius 1 is 1.15 bits per heavy atom. The molecule has 0 aliphatic rings. The van der Waals surface area contributed by atoms with E-state index >= 15 is 0 Å². The molecule has 0 unspecified atom stereocenters. The van der Waals surface area contributed by atoms with Gasteiger partial charge in [0.15, 0.2) is 0 Å². The number of imidazole rings is 1. The summed E-state index contributed by atoms with van der Waals surface area (Å²) in [5.74, 6) is 0.494. The Morgan fingerprint density at radius 2 is 2.00 bits per heavy atom. The van der Waals surface area contributed by atoms with Crippen LogP contribution in [0.1, 0.15) is 0 Å². The van der Waals surface area contributed by atoms with Crippen LogP contribution in [-0.4, -0.2) is 14.5 Å². The van der Waals surface area contributed by atoms with Crippen molar-refractivity contribution >= 4 is 33.3 Å². The van der Waals surface area contributed by atoms with Crippen LogP contribution in [0.2, 0.25) is 5.02 Å². The third-order valence-corrected chi connectivity index (χ3v) is 4.12. The summed E-state index contributed by atoms with van der Waals surface area (Å²) in [5, 5.41) is 0.671. The van der Waals surface area contributed by atoms with Crippen molar-refractivity contribution < 1.29 is 0 Å². The molecular weight excluding hydrogens is 340 g/mol. The predicted molar refractivity (Wildman–Crippen MR) is 83.9 cm³/mol. The van der Waals surface area contributed by atoms with Gasteiger partial charge in [0, 0.05) is 21.9 Å². The quantitative estimate of drug-likeness (QED) is 0.762. The van der Waals surface area contributed by atoms with Gasteiger partial charge in [-0.2, -0.15) is 0 Å². The Morgan fingerprint density at radius 3 is 2.70 bits per heavy atom. The Hall–Kier alpha value is -1.85. The molecule has 0 amide bonds. The standard InChI is InChI=1S/C14H10BrClN4/c15-11-5-10(2-3-12(11)16)20-8-18-7-13(20)9-1-4-14(17)19-6-9/h1-8H,(H2,17,19). The topological polar surface area (TPSA) is 56.7 Å². The van der Waals surface area contributed by atoms with Crippen LogP contribution in [0.4, 0.5) is 5.82 Å². The molecule has 0 bridgehead atoms. The highest BCUT2D eigenvalue weighted by molar-refractivity contribution is 9.10. The van der Waals surface area contributed by atoms with E-state index in [4.69, 9.17) is 17.3 Å². The van der Waals surface area contributed by atoms with E-state index in [-0.39, 0.29) is 0 Å². The van der Waals surface area contributed by atoms with Crippen LogP contribution in [0.5, 0.6) is 0 Å². The molecule has 3 rings (SSSR count). The number of anilines is 1. The van der Waals surface area contributed by atoms with Gasteiger partial charge >= 0.3 is 0 Å². The molecule has 0 radical (unpaired) electrons. The summed E-state index contributed by atoms with van der Waals surface area (Å²) in [7, 11) is 0. The monoisotopic (exact) mass is 348 g/mol. The summed E-state index contributed by atoms with van der Waals surface area (Å²) in [6, 6.07) is 9.40. The molecule has 2 heterocycles. The number of nitrogens with zero attached hydrogens (tertiary/aromatic N) is 3. The van der Waals surface area contributed by atoms with Gasteiger partial charge in [0.2, 0.25) is 0 Å². The molecule has 0 fully saturated rings. The number of nitrogen functional groups attached to an aromatic ring is 1. The van der Waals surface area contributed by atoms with Crippen molar-refractivity contribution in [2.75, 3.05) is 5.73 Å². The van der Waals surface area contributed by atoms with Crippen molar-refractivity contribution in [2.24, 2.45) is 0 Å². The van der Waals surface area contributed by atoms with Gasteiger partial charge in [-0.05, 0) is 46.3 Å². The van der Waals surface area contributed by atoms with E-state index < -0.39 is 0 Å². The molecular formula is C14H10BrClN4. The van der Waals surface area contributed by atoms with E-state index in [2.05, 4.69) is 25.9 Å². The second-order valence-corrected chi connectivity index (χ2v) is 5.48. The lowest BCUT2D eigenvalue weighted by atomic mass is 10.2. The summed E-state index contributed by atoms with van der Waals surface area (Å²) < 4.78 is 2.81. The Labute approximate surface area is 129 Å². The van der Waals surface area contributed by atoms with E-state index in [9.17, 15) is 0 Å². The van der Waals surface area contributed by atoms with E-state index in [1.807, 2.05) is 28.8 Å². The van der Waals surface area contributed by atoms with Gasteiger partial charge in [0.1, 0.15) is 5.82 Å². The van der Waals surface area contributed by atoms with Crippen molar-refractivity contribution in [1.29, 1.82) is 0 Å². The molecule has 0 aliphatic heterocycles. The highest BCUT2D eigenvalue weighted by atomic mass is 79.9. The maximum Gasteiger partial charge on any atom is 0.123 e. The molecule has 0 saturated heterocycles. The molecule has 2 aromatic heterocycles. The van der Waals surface area contributed by atoms with Crippen molar-refractivity contribution in [1.82, 2.24) is 14.5 Å². The zero-order chi connectivity index (χ0) is 14.1. The van der Waals surface area contributed by atoms with Gasteiger partial charge in [-0.1, -0.05) is 11.6 Å². The predicted octanol–water partition coefficient (Wildman–Crippen LogP) is 3.93. The molecule has 4 nitrogen and oxygen atoms in total. The molecule has 0 atom stereocenters. The lowest BCUT2D eigenvalue weighted by molar-refractivity contribution is 1.06. The zero-order valence-corrected chi connectivity index (χ0v) is 12.6. The maximum atomic E-state index is 6.02. The number of rotatable bonds is 2. The second kappa shape index (κ2) is 5.26. The minimum Gasteiger partial charge on any atom is -0.384 e. The Bertz CT molecular complexity index is 752. The second-order valence-electron chi connectivity index (χ2n) is 4.22. The maximum absolute atomic E-state index is 6.02. The summed E-state index contributed by atoms with van der Waals surface area (Å²) in [6.45, 7) is 0. The SMILES string of the molecule is Nc1ccc(-c2cncn2-c2ccc(Cl)c(Br)c2)cn1. The number of aromatic nitrogens is 3. The van der Waals surface area contributed by atoms with E-state index in [0.29, 0.717) is 10.8 Å². The lowest BCUT2D eigenvalue weighted by Gasteiger charge is -2.09. The minimum atomic E-state index is 0.494. The van der Waals surface area contributed by atoms with E-state index in [1.165, 1.54) is 0 Å². The molecule has 0 saturated carbocycles. The first-order valence-corrected chi connectivity index (χ1v) is 7.02. The Kier molecular flexibility index (Phi) is 3.46. The van der Waals surface area contributed by atoms with Gasteiger partial charge in [-0.15, -0.1) is 0 Å². The van der Waals surface area contributed by atoms with Crippen LogP contribution < -0.4 is 5.73 Å². The fourth-order valence-electron chi connectivity index (χ4n) is 1.91. The van der Waals surface area contributed by atoms with Gasteiger partial charge in [-0.3, -0.25) is 4.57 Å². The summed E-state index contributed by atoms with van der Waals surface area (Å²) >= 11 is 9.45. The zero-order valence-electron chi connectivity index (χ0n) is 10.3. The minimum absolute atomic E-state index is 0.494. The van der Waals surface area contributed by atoms with Gasteiger partial charge in [0.05, 0.1) is 23.2 Å². The van der Waals surface area contributed by atoms with Crippen LogP contribution in [-0.2, 0) is 0 Å². The third kappa shape index (κ3) is 2.42. The Balaban J connectivity index is 2.10. The van der Waals surface area contributed by atoms with E-state index in [1.54, 1.807) is 24.8 Å². The average molecular weight is 350 g/mol. The van der Waals surface area contributed by atoms with Crippen molar-refractivity contribution in [3.8, 4) is 16.9 Å². The van der Waals surface area contributed by atoms with Crippen LogP contribution in [0.3, 0.4) is 0 Å². The molecule has 2 N–H and O–H groups in total. The summed E-state index contributed by atoms with van der Waals surface area (Å²) in [4.78, 5) is 8.31. The number of benzene rings is 1. The number of nitrogens with two attached hydrogens (primary N) is 1. The summed E-state index contributed by atoms with van der Waals surface area (Å²) in [5.41, 5.74) is 8.46. The molecule has 0 aliphatic carbocycles. The lowest BCUT2D eigenvalue weighted by Crippen LogP contribution is -1.96. The first-order chi connectivity index (χ1) is 9.65. The normalized spacial score (nSPS) is 10.7. The van der Waals surface area contributed by atoms with Gasteiger partial charge in [-0.25, -0.2) is 9.97 Å². The smallest absolute Gasteiger partial charge is 0.123 e. The van der Waals surface area contributed by atoms with Crippen molar-refractivity contribution in [2.45, 2.75) is 0 Å². The summed E-state index contributed by atoms with van der Waals surface area (Å²) in [6.07, 6.45) is 5.27. The van der Waals surface area contributed by atoms with Crippen LogP contribution in [0, 0.1) is 0 Å². The molecule has 0 spiro atoms. The molecule has 6 heteroatoms. The fourth-order valence-corrected chi connectivity index (χ4v) is 2.39. The first kappa shape index (κ1) is 13.1. The highest BCUT2D eigenvalue weighted by Gasteiger charge is 2.08. The third-order valence-electron chi connectivity index (χ3n) is 2.90.